The maximum absolute atomic E-state index is 12.8. The van der Waals surface area contributed by atoms with Crippen molar-refractivity contribution in [2.45, 2.75) is 73.1 Å². The fourth-order valence-corrected chi connectivity index (χ4v) is 3.88. The lowest BCUT2D eigenvalue weighted by Gasteiger charge is -2.34. The summed E-state index contributed by atoms with van der Waals surface area (Å²) in [5.74, 6) is 0. The van der Waals surface area contributed by atoms with Gasteiger partial charge in [-0.25, -0.2) is 9.59 Å². The summed E-state index contributed by atoms with van der Waals surface area (Å²) in [6.07, 6.45) is -0.912. The molecule has 0 atom stereocenters. The van der Waals surface area contributed by atoms with Crippen LogP contribution in [0, 0.1) is 5.41 Å². The van der Waals surface area contributed by atoms with E-state index in [1.54, 1.807) is 4.90 Å². The molecule has 2 aliphatic rings. The summed E-state index contributed by atoms with van der Waals surface area (Å²) in [4.78, 5) is 29.3. The third-order valence-corrected chi connectivity index (χ3v) is 5.52. The van der Waals surface area contributed by atoms with Gasteiger partial charge in [-0.3, -0.25) is 5.32 Å². The number of hydrogen-bond acceptors (Lipinski definition) is 7. The van der Waals surface area contributed by atoms with Gasteiger partial charge >= 0.3 is 19.3 Å². The van der Waals surface area contributed by atoms with Crippen molar-refractivity contribution in [2.24, 2.45) is 5.41 Å². The van der Waals surface area contributed by atoms with Crippen molar-refractivity contribution >= 4 is 36.1 Å². The third-order valence-electron chi connectivity index (χ3n) is 5.52. The predicted molar refractivity (Wildman–Crippen MR) is 137 cm³/mol. The number of benzene rings is 1. The largest absolute Gasteiger partial charge is 0.496 e. The van der Waals surface area contributed by atoms with Crippen molar-refractivity contribution in [1.82, 2.24) is 4.90 Å². The van der Waals surface area contributed by atoms with Gasteiger partial charge in [0.05, 0.1) is 6.54 Å². The van der Waals surface area contributed by atoms with Gasteiger partial charge in [0.15, 0.2) is 0 Å². The number of rotatable bonds is 2. The van der Waals surface area contributed by atoms with Crippen LogP contribution in [0.25, 0.3) is 0 Å². The molecule has 1 fully saturated rings. The van der Waals surface area contributed by atoms with Crippen LogP contribution in [0.5, 0.6) is 0 Å². The summed E-state index contributed by atoms with van der Waals surface area (Å²) in [6.45, 7) is 17.7. The van der Waals surface area contributed by atoms with Gasteiger partial charge in [-0.1, -0.05) is 19.9 Å². The Hall–Kier alpha value is -2.46. The molecule has 194 valence electrons. The van der Waals surface area contributed by atoms with Gasteiger partial charge in [0.2, 0.25) is 0 Å². The fourth-order valence-electron chi connectivity index (χ4n) is 3.88. The topological polar surface area (TPSA) is 89.6 Å². The average molecular weight is 489 g/mol. The summed E-state index contributed by atoms with van der Waals surface area (Å²) in [7, 11) is 1.31. The Kier molecular flexibility index (Phi) is 7.67. The molecular formula is C25H40BN3O6. The first kappa shape index (κ1) is 27.1. The highest BCUT2D eigenvalue weighted by atomic mass is 16.6. The summed E-state index contributed by atoms with van der Waals surface area (Å²) in [6, 6.07) is 3.85. The van der Waals surface area contributed by atoms with Gasteiger partial charge in [0.1, 0.15) is 11.2 Å². The molecule has 0 aliphatic carbocycles. The zero-order chi connectivity index (χ0) is 26.2. The average Bonchev–Trinajstić information content (AvgIpc) is 2.84. The number of nitrogens with one attached hydrogen (secondary N) is 1. The summed E-state index contributed by atoms with van der Waals surface area (Å²) < 4.78 is 23.2. The first-order valence-corrected chi connectivity index (χ1v) is 12.1. The predicted octanol–water partition coefficient (Wildman–Crippen LogP) is 3.99. The quantitative estimate of drug-likeness (QED) is 0.629. The standard InChI is InChI=1S/C25H40BN3O6/c1-23(2,3)34-21(30)27-19-13-20-17(12-18(19)26-32-15-25(7,8)16-33-26)14-29(11-10-28(20)9)22(31)35-24(4,5)6/h12-13H,10-11,14-16H2,1-9H3,(H,27,30). The van der Waals surface area contributed by atoms with Crippen LogP contribution in [-0.2, 0) is 25.3 Å². The molecule has 10 heteroatoms. The van der Waals surface area contributed by atoms with Gasteiger partial charge in [-0.15, -0.1) is 0 Å². The van der Waals surface area contributed by atoms with Crippen LogP contribution in [0.3, 0.4) is 0 Å². The number of hydrogen-bond donors (Lipinski definition) is 1. The zero-order valence-electron chi connectivity index (χ0n) is 22.6. The van der Waals surface area contributed by atoms with E-state index in [4.69, 9.17) is 18.8 Å². The van der Waals surface area contributed by atoms with Gasteiger partial charge in [-0.05, 0) is 53.2 Å². The van der Waals surface area contributed by atoms with Crippen molar-refractivity contribution in [3.8, 4) is 0 Å². The van der Waals surface area contributed by atoms with E-state index in [1.165, 1.54) is 0 Å². The molecule has 2 aliphatic heterocycles. The van der Waals surface area contributed by atoms with E-state index in [0.29, 0.717) is 44.0 Å². The molecule has 0 unspecified atom stereocenters. The lowest BCUT2D eigenvalue weighted by Crippen LogP contribution is -2.48. The van der Waals surface area contributed by atoms with E-state index in [0.717, 1.165) is 11.3 Å². The molecular weight excluding hydrogens is 449 g/mol. The molecule has 1 aromatic rings. The van der Waals surface area contributed by atoms with E-state index >= 15 is 0 Å². The molecule has 3 rings (SSSR count). The molecule has 0 aromatic heterocycles. The molecule has 0 radical (unpaired) electrons. The Bertz CT molecular complexity index is 944. The SMILES string of the molecule is CN1CCN(C(=O)OC(C)(C)C)Cc2cc(B3OCC(C)(C)CO3)c(NC(=O)OC(C)(C)C)cc21. The Morgan fingerprint density at radius 3 is 2.17 bits per heavy atom. The number of likely N-dealkylation sites (N-methyl/N-ethyl adjacent to an activating group) is 1. The monoisotopic (exact) mass is 489 g/mol. The normalized spacial score (nSPS) is 18.5. The van der Waals surface area contributed by atoms with Crippen molar-refractivity contribution in [1.29, 1.82) is 0 Å². The first-order chi connectivity index (χ1) is 16.0. The Balaban J connectivity index is 1.97. The van der Waals surface area contributed by atoms with Gasteiger partial charge in [0, 0.05) is 55.6 Å². The van der Waals surface area contributed by atoms with Crippen LogP contribution in [0.15, 0.2) is 12.1 Å². The zero-order valence-corrected chi connectivity index (χ0v) is 22.6. The second-order valence-corrected chi connectivity index (χ2v) is 12.1. The number of fused-ring (bicyclic) bond motifs is 1. The molecule has 1 aromatic carbocycles. The fraction of sp³-hybridized carbons (Fsp3) is 0.680. The number of anilines is 2. The second-order valence-electron chi connectivity index (χ2n) is 12.1. The maximum Gasteiger partial charge on any atom is 0.496 e. The molecule has 9 nitrogen and oxygen atoms in total. The van der Waals surface area contributed by atoms with Gasteiger partial charge < -0.3 is 28.6 Å². The van der Waals surface area contributed by atoms with Crippen molar-refractivity contribution in [2.75, 3.05) is 43.6 Å². The van der Waals surface area contributed by atoms with Gasteiger partial charge in [0.25, 0.3) is 0 Å². The lowest BCUT2D eigenvalue weighted by molar-refractivity contribution is 0.0243. The van der Waals surface area contributed by atoms with Gasteiger partial charge in [-0.2, -0.15) is 0 Å². The Morgan fingerprint density at radius 2 is 1.60 bits per heavy atom. The number of carbonyl (C=O) groups is 2. The Morgan fingerprint density at radius 1 is 1.00 bits per heavy atom. The van der Waals surface area contributed by atoms with E-state index in [9.17, 15) is 9.59 Å². The molecule has 0 spiro atoms. The highest BCUT2D eigenvalue weighted by molar-refractivity contribution is 6.63. The van der Waals surface area contributed by atoms with Crippen LogP contribution < -0.4 is 15.7 Å². The lowest BCUT2D eigenvalue weighted by atomic mass is 9.74. The van der Waals surface area contributed by atoms with E-state index in [-0.39, 0.29) is 11.5 Å². The number of nitrogens with zero attached hydrogens (tertiary/aromatic N) is 2. The maximum atomic E-state index is 12.8. The number of carbonyl (C=O) groups excluding carboxylic acids is 2. The minimum atomic E-state index is -0.651. The molecule has 35 heavy (non-hydrogen) atoms. The molecule has 2 amide bonds. The molecule has 0 saturated carbocycles. The summed E-state index contributed by atoms with van der Waals surface area (Å²) in [5, 5.41) is 2.89. The second kappa shape index (κ2) is 9.89. The highest BCUT2D eigenvalue weighted by Crippen LogP contribution is 2.30. The molecule has 0 bridgehead atoms. The number of amides is 2. The molecule has 1 N–H and O–H groups in total. The van der Waals surface area contributed by atoms with Crippen molar-refractivity contribution in [3.05, 3.63) is 17.7 Å². The third kappa shape index (κ3) is 7.51. The smallest absolute Gasteiger partial charge is 0.444 e. The minimum absolute atomic E-state index is 0.103. The first-order valence-electron chi connectivity index (χ1n) is 12.1. The van der Waals surface area contributed by atoms with Crippen molar-refractivity contribution < 1.29 is 28.4 Å². The Labute approximate surface area is 209 Å². The van der Waals surface area contributed by atoms with E-state index < -0.39 is 24.4 Å². The summed E-state index contributed by atoms with van der Waals surface area (Å²) in [5.41, 5.74) is 1.74. The van der Waals surface area contributed by atoms with Crippen LogP contribution in [0.2, 0.25) is 0 Å². The van der Waals surface area contributed by atoms with Crippen LogP contribution in [0.1, 0.15) is 61.0 Å². The molecule has 1 saturated heterocycles. The van der Waals surface area contributed by atoms with Crippen LogP contribution in [-0.4, -0.2) is 68.8 Å². The van der Waals surface area contributed by atoms with E-state index in [1.807, 2.05) is 60.7 Å². The van der Waals surface area contributed by atoms with Crippen LogP contribution in [0.4, 0.5) is 21.0 Å². The number of ether oxygens (including phenoxy) is 2. The minimum Gasteiger partial charge on any atom is -0.444 e. The van der Waals surface area contributed by atoms with Crippen molar-refractivity contribution in [3.63, 3.8) is 0 Å². The van der Waals surface area contributed by atoms with E-state index in [2.05, 4.69) is 24.1 Å². The highest BCUT2D eigenvalue weighted by Gasteiger charge is 2.37. The van der Waals surface area contributed by atoms with Crippen LogP contribution >= 0.6 is 0 Å². The molecule has 2 heterocycles. The summed E-state index contributed by atoms with van der Waals surface area (Å²) >= 11 is 0.